The number of carbonyl (C=O) groups excluding carboxylic acids is 1. The number of aromatic nitrogens is 3. The quantitative estimate of drug-likeness (QED) is 0.658. The van der Waals surface area contributed by atoms with Crippen LogP contribution < -0.4 is 5.32 Å². The minimum Gasteiger partial charge on any atom is -0.464 e. The minimum absolute atomic E-state index is 0.193. The van der Waals surface area contributed by atoms with Crippen molar-refractivity contribution >= 4 is 5.97 Å². The van der Waals surface area contributed by atoms with E-state index < -0.39 is 0 Å². The molecule has 84 valence electrons. The van der Waals surface area contributed by atoms with Crippen LogP contribution in [0.5, 0.6) is 0 Å². The van der Waals surface area contributed by atoms with Crippen LogP contribution in [0.15, 0.2) is 6.20 Å². The molecule has 0 saturated heterocycles. The van der Waals surface area contributed by atoms with E-state index in [1.807, 2.05) is 6.92 Å². The summed E-state index contributed by atoms with van der Waals surface area (Å²) in [5.74, 6) is -0.193. The standard InChI is InChI=1S/C9H16N4O2/c1-8-7-13(12-11-8)5-6-15-9(14)3-4-10-2/h7,10H,3-6H2,1-2H3. The fourth-order valence-electron chi connectivity index (χ4n) is 1.06. The average Bonchev–Trinajstić information content (AvgIpc) is 2.61. The highest BCUT2D eigenvalue weighted by Crippen LogP contribution is 1.91. The number of carbonyl (C=O) groups is 1. The van der Waals surface area contributed by atoms with E-state index in [9.17, 15) is 4.79 Å². The van der Waals surface area contributed by atoms with Gasteiger partial charge in [-0.15, -0.1) is 5.10 Å². The number of aryl methyl sites for hydroxylation is 1. The first kappa shape index (κ1) is 11.6. The predicted octanol–water partition coefficient (Wildman–Crippen LogP) is -0.261. The minimum atomic E-state index is -0.193. The third kappa shape index (κ3) is 4.55. The van der Waals surface area contributed by atoms with Crippen LogP contribution in [0.25, 0.3) is 0 Å². The normalized spacial score (nSPS) is 10.3. The van der Waals surface area contributed by atoms with Crippen molar-refractivity contribution in [2.24, 2.45) is 0 Å². The van der Waals surface area contributed by atoms with Crippen LogP contribution in [-0.4, -0.2) is 41.2 Å². The Morgan fingerprint density at radius 3 is 3.07 bits per heavy atom. The SMILES string of the molecule is CNCCC(=O)OCCn1cc(C)nn1. The van der Waals surface area contributed by atoms with E-state index >= 15 is 0 Å². The zero-order valence-electron chi connectivity index (χ0n) is 9.06. The van der Waals surface area contributed by atoms with Gasteiger partial charge >= 0.3 is 5.97 Å². The molecule has 0 aliphatic heterocycles. The molecule has 15 heavy (non-hydrogen) atoms. The summed E-state index contributed by atoms with van der Waals surface area (Å²) < 4.78 is 6.64. The summed E-state index contributed by atoms with van der Waals surface area (Å²) in [6.45, 7) is 3.39. The monoisotopic (exact) mass is 212 g/mol. The molecule has 1 N–H and O–H groups in total. The molecular weight excluding hydrogens is 196 g/mol. The Balaban J connectivity index is 2.13. The summed E-state index contributed by atoms with van der Waals surface area (Å²) in [7, 11) is 1.80. The molecule has 6 nitrogen and oxygen atoms in total. The molecule has 0 atom stereocenters. The summed E-state index contributed by atoms with van der Waals surface area (Å²) in [6, 6.07) is 0. The highest BCUT2D eigenvalue weighted by atomic mass is 16.5. The number of ether oxygens (including phenoxy) is 1. The van der Waals surface area contributed by atoms with Crippen molar-refractivity contribution in [3.05, 3.63) is 11.9 Å². The zero-order valence-corrected chi connectivity index (χ0v) is 9.06. The van der Waals surface area contributed by atoms with Crippen molar-refractivity contribution in [3.63, 3.8) is 0 Å². The van der Waals surface area contributed by atoms with Crippen LogP contribution in [0.4, 0.5) is 0 Å². The van der Waals surface area contributed by atoms with Gasteiger partial charge in [-0.1, -0.05) is 5.21 Å². The van der Waals surface area contributed by atoms with Crippen LogP contribution in [0.2, 0.25) is 0 Å². The van der Waals surface area contributed by atoms with Gasteiger partial charge in [-0.3, -0.25) is 4.79 Å². The predicted molar refractivity (Wildman–Crippen MR) is 54.3 cm³/mol. The maximum absolute atomic E-state index is 11.1. The third-order valence-corrected chi connectivity index (χ3v) is 1.82. The second-order valence-corrected chi connectivity index (χ2v) is 3.20. The van der Waals surface area contributed by atoms with Gasteiger partial charge in [-0.05, 0) is 14.0 Å². The van der Waals surface area contributed by atoms with E-state index in [4.69, 9.17) is 4.74 Å². The van der Waals surface area contributed by atoms with Crippen LogP contribution in [0.1, 0.15) is 12.1 Å². The summed E-state index contributed by atoms with van der Waals surface area (Å²) in [4.78, 5) is 11.1. The van der Waals surface area contributed by atoms with Crippen molar-refractivity contribution in [3.8, 4) is 0 Å². The molecule has 1 heterocycles. The Bertz CT molecular complexity index is 311. The molecule has 0 radical (unpaired) electrons. The molecule has 0 saturated carbocycles. The Kier molecular flexibility index (Phi) is 4.76. The molecule has 0 aliphatic rings. The first-order valence-electron chi connectivity index (χ1n) is 4.89. The lowest BCUT2D eigenvalue weighted by Gasteiger charge is -2.03. The number of esters is 1. The van der Waals surface area contributed by atoms with Gasteiger partial charge in [0.2, 0.25) is 0 Å². The number of nitrogens with one attached hydrogen (secondary N) is 1. The molecule has 0 fully saturated rings. The smallest absolute Gasteiger partial charge is 0.307 e. The first-order valence-corrected chi connectivity index (χ1v) is 4.89. The van der Waals surface area contributed by atoms with Crippen LogP contribution in [0.3, 0.4) is 0 Å². The van der Waals surface area contributed by atoms with Crippen LogP contribution in [-0.2, 0) is 16.1 Å². The lowest BCUT2D eigenvalue weighted by molar-refractivity contribution is -0.143. The third-order valence-electron chi connectivity index (χ3n) is 1.82. The zero-order chi connectivity index (χ0) is 11.1. The summed E-state index contributed by atoms with van der Waals surface area (Å²) in [6.07, 6.45) is 2.20. The second-order valence-electron chi connectivity index (χ2n) is 3.20. The average molecular weight is 212 g/mol. The van der Waals surface area contributed by atoms with Crippen molar-refractivity contribution in [1.82, 2.24) is 20.3 Å². The van der Waals surface area contributed by atoms with Gasteiger partial charge in [-0.25, -0.2) is 4.68 Å². The molecule has 1 aromatic heterocycles. The van der Waals surface area contributed by atoms with Gasteiger partial charge in [-0.2, -0.15) is 0 Å². The lowest BCUT2D eigenvalue weighted by atomic mass is 10.4. The highest BCUT2D eigenvalue weighted by molar-refractivity contribution is 5.69. The lowest BCUT2D eigenvalue weighted by Crippen LogP contribution is -2.17. The van der Waals surface area contributed by atoms with Gasteiger partial charge in [0, 0.05) is 12.7 Å². The molecule has 0 aliphatic carbocycles. The number of hydrogen-bond acceptors (Lipinski definition) is 5. The molecule has 1 aromatic rings. The largest absolute Gasteiger partial charge is 0.464 e. The molecule has 0 spiro atoms. The fraction of sp³-hybridized carbons (Fsp3) is 0.667. The Hall–Kier alpha value is -1.43. The first-order chi connectivity index (χ1) is 7.22. The van der Waals surface area contributed by atoms with E-state index in [-0.39, 0.29) is 5.97 Å². The molecule has 0 unspecified atom stereocenters. The van der Waals surface area contributed by atoms with E-state index in [1.165, 1.54) is 0 Å². The molecule has 1 rings (SSSR count). The topological polar surface area (TPSA) is 69.0 Å². The number of nitrogens with zero attached hydrogens (tertiary/aromatic N) is 3. The maximum atomic E-state index is 11.1. The molecule has 6 heteroatoms. The highest BCUT2D eigenvalue weighted by Gasteiger charge is 2.02. The summed E-state index contributed by atoms with van der Waals surface area (Å²) in [5.41, 5.74) is 0.858. The van der Waals surface area contributed by atoms with Gasteiger partial charge in [0.25, 0.3) is 0 Å². The van der Waals surface area contributed by atoms with Crippen LogP contribution in [0, 0.1) is 6.92 Å². The van der Waals surface area contributed by atoms with Crippen molar-refractivity contribution in [2.45, 2.75) is 19.9 Å². The Labute approximate surface area is 88.6 Å². The maximum Gasteiger partial charge on any atom is 0.307 e. The second kappa shape index (κ2) is 6.13. The van der Waals surface area contributed by atoms with Crippen molar-refractivity contribution < 1.29 is 9.53 Å². The molecule has 0 bridgehead atoms. The number of rotatable bonds is 6. The van der Waals surface area contributed by atoms with Crippen molar-refractivity contribution in [2.75, 3.05) is 20.2 Å². The van der Waals surface area contributed by atoms with E-state index in [0.717, 1.165) is 5.69 Å². The van der Waals surface area contributed by atoms with E-state index in [1.54, 1.807) is 17.9 Å². The van der Waals surface area contributed by atoms with Gasteiger partial charge in [0.1, 0.15) is 6.61 Å². The van der Waals surface area contributed by atoms with Gasteiger partial charge in [0.15, 0.2) is 0 Å². The Morgan fingerprint density at radius 1 is 1.67 bits per heavy atom. The van der Waals surface area contributed by atoms with E-state index in [2.05, 4.69) is 15.6 Å². The molecule has 0 amide bonds. The molecular formula is C9H16N4O2. The van der Waals surface area contributed by atoms with Gasteiger partial charge in [0.05, 0.1) is 18.7 Å². The van der Waals surface area contributed by atoms with Crippen molar-refractivity contribution in [1.29, 1.82) is 0 Å². The molecule has 0 aromatic carbocycles. The fourth-order valence-corrected chi connectivity index (χ4v) is 1.06. The summed E-state index contributed by atoms with van der Waals surface area (Å²) >= 11 is 0. The number of hydrogen-bond donors (Lipinski definition) is 1. The van der Waals surface area contributed by atoms with E-state index in [0.29, 0.717) is 26.1 Å². The Morgan fingerprint density at radius 2 is 2.47 bits per heavy atom. The van der Waals surface area contributed by atoms with Gasteiger partial charge < -0.3 is 10.1 Å². The van der Waals surface area contributed by atoms with Crippen LogP contribution >= 0.6 is 0 Å². The summed E-state index contributed by atoms with van der Waals surface area (Å²) in [5, 5.41) is 10.5.